The second-order valence-electron chi connectivity index (χ2n) is 5.17. The van der Waals surface area contributed by atoms with Crippen LogP contribution in [0, 0.1) is 6.57 Å². The Labute approximate surface area is 125 Å². The summed E-state index contributed by atoms with van der Waals surface area (Å²) in [7, 11) is -3.26. The van der Waals surface area contributed by atoms with E-state index in [0.29, 0.717) is 0 Å². The minimum Gasteiger partial charge on any atom is -0.344 e. The second-order valence-corrected chi connectivity index (χ2v) is 7.35. The van der Waals surface area contributed by atoms with E-state index in [1.807, 2.05) is 0 Å². The first-order valence-electron chi connectivity index (χ1n) is 6.30. The summed E-state index contributed by atoms with van der Waals surface area (Å²) < 4.78 is 63.8. The van der Waals surface area contributed by atoms with E-state index in [1.54, 1.807) is 6.92 Å². The topological polar surface area (TPSA) is 43.4 Å². The average molecular weight is 330 g/mol. The SMILES string of the molecule is [C-]#[N+]c1ccc2c(ccn2[C@H](C)CS(C)(=O)=O)c1C(F)(F)F. The van der Waals surface area contributed by atoms with Gasteiger partial charge in [0.15, 0.2) is 5.69 Å². The maximum atomic E-state index is 13.2. The zero-order valence-corrected chi connectivity index (χ0v) is 12.7. The molecule has 0 spiro atoms. The van der Waals surface area contributed by atoms with Crippen LogP contribution in [0.5, 0.6) is 0 Å². The fourth-order valence-corrected chi connectivity index (χ4v) is 3.56. The average Bonchev–Trinajstić information content (AvgIpc) is 2.77. The van der Waals surface area contributed by atoms with Crippen molar-refractivity contribution in [2.45, 2.75) is 19.1 Å². The first-order valence-corrected chi connectivity index (χ1v) is 8.36. The van der Waals surface area contributed by atoms with E-state index in [-0.39, 0.29) is 16.7 Å². The lowest BCUT2D eigenvalue weighted by Gasteiger charge is -2.16. The van der Waals surface area contributed by atoms with Crippen LogP contribution in [0.3, 0.4) is 0 Å². The summed E-state index contributed by atoms with van der Waals surface area (Å²) in [6.07, 6.45) is -2.15. The molecule has 0 saturated heterocycles. The molecule has 2 rings (SSSR count). The number of nitrogens with zero attached hydrogens (tertiary/aromatic N) is 2. The molecule has 0 fully saturated rings. The molecule has 0 N–H and O–H groups in total. The molecule has 1 heterocycles. The summed E-state index contributed by atoms with van der Waals surface area (Å²) >= 11 is 0. The maximum absolute atomic E-state index is 13.2. The summed E-state index contributed by atoms with van der Waals surface area (Å²) in [6.45, 7) is 8.51. The number of alkyl halides is 3. The maximum Gasteiger partial charge on any atom is 0.408 e. The van der Waals surface area contributed by atoms with Gasteiger partial charge in [-0.05, 0) is 19.1 Å². The van der Waals surface area contributed by atoms with Crippen molar-refractivity contribution >= 4 is 26.4 Å². The van der Waals surface area contributed by atoms with Gasteiger partial charge in [-0.1, -0.05) is 6.07 Å². The van der Waals surface area contributed by atoms with Crippen molar-refractivity contribution in [1.82, 2.24) is 4.57 Å². The molecular formula is C14H13F3N2O2S. The van der Waals surface area contributed by atoms with Crippen molar-refractivity contribution in [2.75, 3.05) is 12.0 Å². The Morgan fingerprint density at radius 3 is 2.45 bits per heavy atom. The molecule has 0 amide bonds. The number of aromatic nitrogens is 1. The lowest BCUT2D eigenvalue weighted by molar-refractivity contribution is -0.135. The Bertz CT molecular complexity index is 861. The molecule has 1 aromatic carbocycles. The van der Waals surface area contributed by atoms with Crippen LogP contribution in [-0.4, -0.2) is 25.0 Å². The molecule has 2 aromatic rings. The lowest BCUT2D eigenvalue weighted by Crippen LogP contribution is -2.16. The van der Waals surface area contributed by atoms with Crippen LogP contribution >= 0.6 is 0 Å². The van der Waals surface area contributed by atoms with Crippen molar-refractivity contribution in [3.05, 3.63) is 41.4 Å². The van der Waals surface area contributed by atoms with Gasteiger partial charge in [0.05, 0.1) is 17.9 Å². The van der Waals surface area contributed by atoms with Gasteiger partial charge in [-0.2, -0.15) is 13.2 Å². The van der Waals surface area contributed by atoms with Crippen LogP contribution in [0.1, 0.15) is 18.5 Å². The Morgan fingerprint density at radius 1 is 1.32 bits per heavy atom. The third-order valence-corrected chi connectivity index (χ3v) is 4.39. The zero-order valence-electron chi connectivity index (χ0n) is 11.8. The van der Waals surface area contributed by atoms with Crippen molar-refractivity contribution in [3.8, 4) is 0 Å². The summed E-state index contributed by atoms with van der Waals surface area (Å²) in [5.41, 5.74) is -1.19. The fraction of sp³-hybridized carbons (Fsp3) is 0.357. The minimum absolute atomic E-state index is 0.0960. The minimum atomic E-state index is -4.65. The molecule has 0 bridgehead atoms. The number of hydrogen-bond donors (Lipinski definition) is 0. The highest BCUT2D eigenvalue weighted by Crippen LogP contribution is 2.42. The molecule has 0 aliphatic carbocycles. The third kappa shape index (κ3) is 3.09. The predicted molar refractivity (Wildman–Crippen MR) is 77.6 cm³/mol. The lowest BCUT2D eigenvalue weighted by atomic mass is 10.1. The molecule has 8 heteroatoms. The Balaban J connectivity index is 2.67. The fourth-order valence-electron chi connectivity index (χ4n) is 2.52. The van der Waals surface area contributed by atoms with E-state index in [1.165, 1.54) is 22.9 Å². The van der Waals surface area contributed by atoms with Crippen LogP contribution in [0.15, 0.2) is 24.4 Å². The van der Waals surface area contributed by atoms with E-state index in [4.69, 9.17) is 6.57 Å². The molecule has 0 saturated carbocycles. The number of rotatable bonds is 3. The van der Waals surface area contributed by atoms with Crippen molar-refractivity contribution in [2.24, 2.45) is 0 Å². The molecule has 0 unspecified atom stereocenters. The molecular weight excluding hydrogens is 317 g/mol. The molecule has 0 aliphatic rings. The van der Waals surface area contributed by atoms with Crippen LogP contribution < -0.4 is 0 Å². The van der Waals surface area contributed by atoms with Gasteiger partial charge < -0.3 is 4.57 Å². The summed E-state index contributed by atoms with van der Waals surface area (Å²) in [5.74, 6) is -0.178. The number of hydrogen-bond acceptors (Lipinski definition) is 2. The second kappa shape index (κ2) is 5.32. The monoisotopic (exact) mass is 330 g/mol. The zero-order chi connectivity index (χ0) is 16.7. The van der Waals surface area contributed by atoms with Gasteiger partial charge in [0.1, 0.15) is 9.84 Å². The summed E-state index contributed by atoms with van der Waals surface area (Å²) in [5, 5.41) is -0.0960. The number of fused-ring (bicyclic) bond motifs is 1. The molecule has 0 aliphatic heterocycles. The van der Waals surface area contributed by atoms with Crippen molar-refractivity contribution in [1.29, 1.82) is 0 Å². The van der Waals surface area contributed by atoms with E-state index < -0.39 is 33.3 Å². The molecule has 0 radical (unpaired) electrons. The molecule has 1 aromatic heterocycles. The first-order chi connectivity index (χ1) is 10.0. The highest BCUT2D eigenvalue weighted by molar-refractivity contribution is 7.90. The van der Waals surface area contributed by atoms with Gasteiger partial charge in [-0.3, -0.25) is 0 Å². The van der Waals surface area contributed by atoms with Crippen LogP contribution in [0.25, 0.3) is 15.7 Å². The molecule has 118 valence electrons. The largest absolute Gasteiger partial charge is 0.408 e. The van der Waals surface area contributed by atoms with Crippen LogP contribution in [-0.2, 0) is 16.0 Å². The highest BCUT2D eigenvalue weighted by atomic mass is 32.2. The summed E-state index contributed by atoms with van der Waals surface area (Å²) in [4.78, 5) is 2.93. The number of sulfone groups is 1. The van der Waals surface area contributed by atoms with E-state index in [0.717, 1.165) is 12.3 Å². The van der Waals surface area contributed by atoms with Gasteiger partial charge in [-0.15, -0.1) is 0 Å². The smallest absolute Gasteiger partial charge is 0.344 e. The first kappa shape index (κ1) is 16.4. The Hall–Kier alpha value is -2.01. The van der Waals surface area contributed by atoms with Crippen molar-refractivity contribution < 1.29 is 21.6 Å². The normalized spacial score (nSPS) is 14.0. The van der Waals surface area contributed by atoms with Crippen LogP contribution in [0.2, 0.25) is 0 Å². The quantitative estimate of drug-likeness (QED) is 0.803. The van der Waals surface area contributed by atoms with Gasteiger partial charge >= 0.3 is 6.18 Å². The van der Waals surface area contributed by atoms with Gasteiger partial charge in [0.25, 0.3) is 0 Å². The van der Waals surface area contributed by atoms with Gasteiger partial charge in [-0.25, -0.2) is 13.3 Å². The van der Waals surface area contributed by atoms with E-state index in [2.05, 4.69) is 4.85 Å². The number of benzene rings is 1. The molecule has 1 atom stereocenters. The molecule has 4 nitrogen and oxygen atoms in total. The Kier molecular flexibility index (Phi) is 3.96. The van der Waals surface area contributed by atoms with Gasteiger partial charge in [0, 0.05) is 29.4 Å². The highest BCUT2D eigenvalue weighted by Gasteiger charge is 2.36. The van der Waals surface area contributed by atoms with E-state index in [9.17, 15) is 21.6 Å². The van der Waals surface area contributed by atoms with E-state index >= 15 is 0 Å². The van der Waals surface area contributed by atoms with Crippen molar-refractivity contribution in [3.63, 3.8) is 0 Å². The standard InChI is InChI=1S/C14H13F3N2O2S/c1-9(8-22(3,20)21)19-7-6-10-12(19)5-4-11(18-2)13(10)14(15,16)17/h4-7,9H,8H2,1,3H3/t9-/m1/s1. The summed E-state index contributed by atoms with van der Waals surface area (Å²) in [6, 6.07) is 3.29. The third-order valence-electron chi connectivity index (χ3n) is 3.30. The predicted octanol–water partition coefficient (Wildman–Crippen LogP) is 3.82. The Morgan fingerprint density at radius 2 is 1.95 bits per heavy atom. The number of halogens is 3. The van der Waals surface area contributed by atoms with Gasteiger partial charge in [0.2, 0.25) is 0 Å². The molecule has 22 heavy (non-hydrogen) atoms. The van der Waals surface area contributed by atoms with Crippen LogP contribution in [0.4, 0.5) is 18.9 Å².